The van der Waals surface area contributed by atoms with E-state index in [4.69, 9.17) is 0 Å². The molecule has 278 valence electrons. The summed E-state index contributed by atoms with van der Waals surface area (Å²) >= 11 is 0. The van der Waals surface area contributed by atoms with Crippen molar-refractivity contribution in [3.63, 3.8) is 0 Å². The summed E-state index contributed by atoms with van der Waals surface area (Å²) in [5.41, 5.74) is 17.7. The van der Waals surface area contributed by atoms with E-state index in [2.05, 4.69) is 254 Å². The lowest BCUT2D eigenvalue weighted by molar-refractivity contribution is 1.28. The Labute approximate surface area is 346 Å². The topological polar surface area (TPSA) is 3.24 Å². The molecule has 0 atom stereocenters. The Morgan fingerprint density at radius 1 is 0.203 bits per heavy atom. The zero-order chi connectivity index (χ0) is 39.4. The summed E-state index contributed by atoms with van der Waals surface area (Å²) in [7, 11) is 0. The summed E-state index contributed by atoms with van der Waals surface area (Å²) in [5, 5.41) is 2.49. The van der Waals surface area contributed by atoms with Gasteiger partial charge in [0.2, 0.25) is 0 Å². The van der Waals surface area contributed by atoms with E-state index >= 15 is 0 Å². The summed E-state index contributed by atoms with van der Waals surface area (Å²) < 4.78 is 0. The molecule has 0 aliphatic carbocycles. The van der Waals surface area contributed by atoms with Crippen molar-refractivity contribution >= 4 is 27.8 Å². The van der Waals surface area contributed by atoms with Crippen molar-refractivity contribution in [3.8, 4) is 66.8 Å². The molecule has 1 nitrogen and oxygen atoms in total. The van der Waals surface area contributed by atoms with E-state index in [0.29, 0.717) is 0 Å². The lowest BCUT2D eigenvalue weighted by atomic mass is 9.89. The van der Waals surface area contributed by atoms with Crippen molar-refractivity contribution in [2.75, 3.05) is 4.90 Å². The van der Waals surface area contributed by atoms with Crippen molar-refractivity contribution in [1.82, 2.24) is 0 Å². The third-order valence-corrected chi connectivity index (χ3v) is 11.3. The molecule has 0 saturated carbocycles. The number of fused-ring (bicyclic) bond motifs is 1. The minimum atomic E-state index is 1.09. The van der Waals surface area contributed by atoms with Gasteiger partial charge < -0.3 is 4.90 Å². The van der Waals surface area contributed by atoms with Gasteiger partial charge >= 0.3 is 0 Å². The first kappa shape index (κ1) is 35.7. The van der Waals surface area contributed by atoms with Crippen LogP contribution in [0, 0.1) is 0 Å². The molecule has 0 saturated heterocycles. The van der Waals surface area contributed by atoms with Crippen molar-refractivity contribution in [3.05, 3.63) is 249 Å². The molecule has 0 aliphatic rings. The Bertz CT molecular complexity index is 2990. The largest absolute Gasteiger partial charge is 0.310 e. The average Bonchev–Trinajstić information content (AvgIpc) is 3.33. The van der Waals surface area contributed by atoms with Crippen LogP contribution in [0.15, 0.2) is 249 Å². The minimum absolute atomic E-state index is 1.09. The minimum Gasteiger partial charge on any atom is -0.310 e. The zero-order valence-electron chi connectivity index (χ0n) is 32.6. The number of nitrogens with zero attached hydrogens (tertiary/aromatic N) is 1. The van der Waals surface area contributed by atoms with Crippen molar-refractivity contribution in [1.29, 1.82) is 0 Å². The van der Waals surface area contributed by atoms with Crippen LogP contribution < -0.4 is 4.90 Å². The van der Waals surface area contributed by atoms with Gasteiger partial charge in [0.25, 0.3) is 0 Å². The number of hydrogen-bond acceptors (Lipinski definition) is 1. The zero-order valence-corrected chi connectivity index (χ0v) is 32.6. The van der Waals surface area contributed by atoms with Crippen molar-refractivity contribution in [2.24, 2.45) is 0 Å². The Hall–Kier alpha value is -7.74. The molecule has 0 aliphatic heterocycles. The monoisotopic (exact) mass is 751 g/mol. The predicted molar refractivity (Wildman–Crippen MR) is 251 cm³/mol. The lowest BCUT2D eigenvalue weighted by Gasteiger charge is -2.27. The maximum Gasteiger partial charge on any atom is 0.0468 e. The molecule has 0 amide bonds. The van der Waals surface area contributed by atoms with E-state index < -0.39 is 0 Å². The molecule has 0 spiro atoms. The third kappa shape index (κ3) is 7.23. The maximum atomic E-state index is 2.37. The smallest absolute Gasteiger partial charge is 0.0468 e. The quantitative estimate of drug-likeness (QED) is 0.142. The molecule has 0 heterocycles. The Morgan fingerprint density at radius 3 is 1.20 bits per heavy atom. The SMILES string of the molecule is c1ccc(-c2ccc(N(c3ccc(-c4ccc(-c5ccccc5)c(-c5cccc6ccccc56)c4)cc3)c3ccc(-c4ccccc4)c(-c4ccccc4)c3)cc2)cc1. The Balaban J connectivity index is 1.09. The van der Waals surface area contributed by atoms with Crippen LogP contribution in [0.2, 0.25) is 0 Å². The molecule has 1 heteroatoms. The summed E-state index contributed by atoms with van der Waals surface area (Å²) in [6.07, 6.45) is 0. The molecule has 0 radical (unpaired) electrons. The van der Waals surface area contributed by atoms with Gasteiger partial charge in [0.15, 0.2) is 0 Å². The number of hydrogen-bond donors (Lipinski definition) is 0. The van der Waals surface area contributed by atoms with Gasteiger partial charge in [0.1, 0.15) is 0 Å². The van der Waals surface area contributed by atoms with E-state index in [9.17, 15) is 0 Å². The van der Waals surface area contributed by atoms with Crippen LogP contribution in [0.25, 0.3) is 77.5 Å². The van der Waals surface area contributed by atoms with Gasteiger partial charge in [-0.25, -0.2) is 0 Å². The van der Waals surface area contributed by atoms with E-state index in [1.165, 1.54) is 77.5 Å². The van der Waals surface area contributed by atoms with Gasteiger partial charge in [0.05, 0.1) is 0 Å². The number of rotatable bonds is 9. The van der Waals surface area contributed by atoms with Gasteiger partial charge in [-0.3, -0.25) is 0 Å². The molecule has 10 aromatic carbocycles. The molecule has 10 rings (SSSR count). The standard InChI is InChI=1S/C58H41N/c1-5-16-42(17-6-1)43-28-33-50(34-29-43)59(52-37-39-54(45-18-7-2-8-19-45)57(41-52)48-22-11-4-12-23-48)51-35-30-44(31-36-51)49-32-38-55(46-20-9-3-10-21-46)58(40-49)56-27-15-25-47-24-13-14-26-53(47)56/h1-41H. The highest BCUT2D eigenvalue weighted by Gasteiger charge is 2.18. The van der Waals surface area contributed by atoms with Gasteiger partial charge in [-0.15, -0.1) is 0 Å². The van der Waals surface area contributed by atoms with Crippen LogP contribution in [0.5, 0.6) is 0 Å². The van der Waals surface area contributed by atoms with E-state index in [1.54, 1.807) is 0 Å². The highest BCUT2D eigenvalue weighted by atomic mass is 15.1. The second kappa shape index (κ2) is 16.0. The molecule has 0 unspecified atom stereocenters. The van der Waals surface area contributed by atoms with E-state index in [1.807, 2.05) is 0 Å². The maximum absolute atomic E-state index is 2.37. The summed E-state index contributed by atoms with van der Waals surface area (Å²) in [4.78, 5) is 2.37. The fraction of sp³-hybridized carbons (Fsp3) is 0. The Kier molecular flexibility index (Phi) is 9.68. The van der Waals surface area contributed by atoms with Crippen LogP contribution >= 0.6 is 0 Å². The molecule has 0 bridgehead atoms. The normalized spacial score (nSPS) is 11.1. The summed E-state index contributed by atoms with van der Waals surface area (Å²) in [6, 6.07) is 89.8. The van der Waals surface area contributed by atoms with Gasteiger partial charge in [-0.1, -0.05) is 206 Å². The first-order chi connectivity index (χ1) is 29.3. The van der Waals surface area contributed by atoms with Gasteiger partial charge in [0, 0.05) is 17.1 Å². The highest BCUT2D eigenvalue weighted by Crippen LogP contribution is 2.43. The molecular weight excluding hydrogens is 711 g/mol. The molecule has 0 fully saturated rings. The molecule has 0 N–H and O–H groups in total. The van der Waals surface area contributed by atoms with Crippen LogP contribution in [-0.2, 0) is 0 Å². The third-order valence-electron chi connectivity index (χ3n) is 11.3. The summed E-state index contributed by atoms with van der Waals surface area (Å²) in [6.45, 7) is 0. The van der Waals surface area contributed by atoms with Crippen molar-refractivity contribution in [2.45, 2.75) is 0 Å². The van der Waals surface area contributed by atoms with Gasteiger partial charge in [-0.05, 0) is 120 Å². The number of benzene rings is 10. The molecule has 10 aromatic rings. The van der Waals surface area contributed by atoms with Crippen LogP contribution in [-0.4, -0.2) is 0 Å². The summed E-state index contributed by atoms with van der Waals surface area (Å²) in [5.74, 6) is 0. The number of anilines is 3. The van der Waals surface area contributed by atoms with Crippen molar-refractivity contribution < 1.29 is 0 Å². The van der Waals surface area contributed by atoms with Crippen LogP contribution in [0.1, 0.15) is 0 Å². The van der Waals surface area contributed by atoms with E-state index in [-0.39, 0.29) is 0 Å². The van der Waals surface area contributed by atoms with E-state index in [0.717, 1.165) is 17.1 Å². The molecular formula is C58H41N. The first-order valence-electron chi connectivity index (χ1n) is 20.3. The first-order valence-corrected chi connectivity index (χ1v) is 20.3. The van der Waals surface area contributed by atoms with Crippen LogP contribution in [0.3, 0.4) is 0 Å². The fourth-order valence-corrected chi connectivity index (χ4v) is 8.36. The highest BCUT2D eigenvalue weighted by molar-refractivity contribution is 6.01. The fourth-order valence-electron chi connectivity index (χ4n) is 8.36. The predicted octanol–water partition coefficient (Wildman–Crippen LogP) is 16.3. The average molecular weight is 752 g/mol. The Morgan fingerprint density at radius 2 is 0.610 bits per heavy atom. The second-order valence-electron chi connectivity index (χ2n) is 14.9. The lowest BCUT2D eigenvalue weighted by Crippen LogP contribution is -2.10. The molecule has 59 heavy (non-hydrogen) atoms. The molecule has 0 aromatic heterocycles. The van der Waals surface area contributed by atoms with Crippen LogP contribution in [0.4, 0.5) is 17.1 Å². The van der Waals surface area contributed by atoms with Gasteiger partial charge in [-0.2, -0.15) is 0 Å². The second-order valence-corrected chi connectivity index (χ2v) is 14.9.